The second-order valence-corrected chi connectivity index (χ2v) is 3.67. The zero-order valence-corrected chi connectivity index (χ0v) is 6.97. The van der Waals surface area contributed by atoms with E-state index in [0.29, 0.717) is 6.54 Å². The molecule has 2 fully saturated rings. The monoisotopic (exact) mass is 170 g/mol. The smallest absolute Gasteiger partial charge is 0.325 e. The number of piperidine rings is 1. The van der Waals surface area contributed by atoms with Gasteiger partial charge < -0.3 is 15.7 Å². The van der Waals surface area contributed by atoms with Gasteiger partial charge in [-0.3, -0.25) is 4.79 Å². The lowest BCUT2D eigenvalue weighted by Crippen LogP contribution is -2.60. The standard InChI is InChI=1S/C8H14N2O2/c11-7(12)8-5-9-4-6(8)2-1-3-10-8/h6,9-10H,1-5H2,(H,11,12). The number of hydrogen-bond acceptors (Lipinski definition) is 3. The molecule has 0 saturated carbocycles. The zero-order valence-electron chi connectivity index (χ0n) is 6.97. The van der Waals surface area contributed by atoms with Crippen LogP contribution in [-0.4, -0.2) is 36.2 Å². The van der Waals surface area contributed by atoms with E-state index >= 15 is 0 Å². The molecule has 0 amide bonds. The molecule has 0 aliphatic carbocycles. The SMILES string of the molecule is O=C(O)C12CNCC1CCCN2. The molecule has 4 nitrogen and oxygen atoms in total. The van der Waals surface area contributed by atoms with Gasteiger partial charge in [-0.1, -0.05) is 0 Å². The van der Waals surface area contributed by atoms with Crippen LogP contribution in [0.5, 0.6) is 0 Å². The zero-order chi connectivity index (χ0) is 8.60. The van der Waals surface area contributed by atoms with E-state index in [1.165, 1.54) is 0 Å². The highest BCUT2D eigenvalue weighted by atomic mass is 16.4. The second kappa shape index (κ2) is 2.71. The Morgan fingerprint density at radius 3 is 3.08 bits per heavy atom. The number of hydrogen-bond donors (Lipinski definition) is 3. The minimum absolute atomic E-state index is 0.281. The summed E-state index contributed by atoms with van der Waals surface area (Å²) in [6, 6.07) is 0. The van der Waals surface area contributed by atoms with Gasteiger partial charge >= 0.3 is 5.97 Å². The van der Waals surface area contributed by atoms with Crippen LogP contribution in [0.1, 0.15) is 12.8 Å². The van der Waals surface area contributed by atoms with Crippen molar-refractivity contribution in [3.8, 4) is 0 Å². The lowest BCUT2D eigenvalue weighted by Gasteiger charge is -2.35. The molecule has 2 unspecified atom stereocenters. The van der Waals surface area contributed by atoms with Gasteiger partial charge in [-0.05, 0) is 19.4 Å². The normalized spacial score (nSPS) is 40.8. The maximum Gasteiger partial charge on any atom is 0.325 e. The highest BCUT2D eigenvalue weighted by molar-refractivity contribution is 5.80. The van der Waals surface area contributed by atoms with Gasteiger partial charge in [0, 0.05) is 19.0 Å². The van der Waals surface area contributed by atoms with Crippen molar-refractivity contribution in [1.82, 2.24) is 10.6 Å². The molecule has 2 saturated heterocycles. The molecular weight excluding hydrogens is 156 g/mol. The fraction of sp³-hybridized carbons (Fsp3) is 0.875. The quantitative estimate of drug-likeness (QED) is 0.492. The molecule has 2 rings (SSSR count). The van der Waals surface area contributed by atoms with E-state index in [4.69, 9.17) is 5.11 Å². The van der Waals surface area contributed by atoms with Crippen LogP contribution in [0.2, 0.25) is 0 Å². The van der Waals surface area contributed by atoms with Crippen LogP contribution in [0.25, 0.3) is 0 Å². The molecule has 3 N–H and O–H groups in total. The molecule has 2 aliphatic rings. The van der Waals surface area contributed by atoms with Gasteiger partial charge in [-0.2, -0.15) is 0 Å². The first-order valence-corrected chi connectivity index (χ1v) is 4.45. The molecule has 0 spiro atoms. The minimum atomic E-state index is -0.697. The highest BCUT2D eigenvalue weighted by Crippen LogP contribution is 2.29. The topological polar surface area (TPSA) is 61.4 Å². The Hall–Kier alpha value is -0.610. The van der Waals surface area contributed by atoms with Gasteiger partial charge in [0.1, 0.15) is 5.54 Å². The van der Waals surface area contributed by atoms with Crippen molar-refractivity contribution < 1.29 is 9.90 Å². The first kappa shape index (κ1) is 8.01. The number of carboxylic acids is 1. The summed E-state index contributed by atoms with van der Waals surface area (Å²) < 4.78 is 0. The average Bonchev–Trinajstić information content (AvgIpc) is 2.48. The van der Waals surface area contributed by atoms with Crippen LogP contribution >= 0.6 is 0 Å². The molecule has 0 aromatic rings. The van der Waals surface area contributed by atoms with Crippen LogP contribution in [0.3, 0.4) is 0 Å². The Kier molecular flexibility index (Phi) is 1.81. The molecule has 68 valence electrons. The van der Waals surface area contributed by atoms with Gasteiger partial charge in [0.25, 0.3) is 0 Å². The number of aliphatic carboxylic acids is 1. The Balaban J connectivity index is 2.23. The van der Waals surface area contributed by atoms with Crippen molar-refractivity contribution in [2.75, 3.05) is 19.6 Å². The van der Waals surface area contributed by atoms with E-state index in [1.54, 1.807) is 0 Å². The van der Waals surface area contributed by atoms with Crippen molar-refractivity contribution >= 4 is 5.97 Å². The second-order valence-electron chi connectivity index (χ2n) is 3.67. The number of carboxylic acid groups (broad SMARTS) is 1. The average molecular weight is 170 g/mol. The van der Waals surface area contributed by atoms with E-state index in [-0.39, 0.29) is 5.92 Å². The molecule has 12 heavy (non-hydrogen) atoms. The van der Waals surface area contributed by atoms with Crippen molar-refractivity contribution in [3.63, 3.8) is 0 Å². The summed E-state index contributed by atoms with van der Waals surface area (Å²) in [7, 11) is 0. The highest BCUT2D eigenvalue weighted by Gasteiger charge is 2.50. The lowest BCUT2D eigenvalue weighted by atomic mass is 9.81. The predicted octanol–water partition coefficient (Wildman–Crippen LogP) is -0.587. The summed E-state index contributed by atoms with van der Waals surface area (Å²) in [6.45, 7) is 2.26. The molecule has 0 radical (unpaired) electrons. The molecule has 0 bridgehead atoms. The third-order valence-electron chi connectivity index (χ3n) is 3.04. The first-order chi connectivity index (χ1) is 5.76. The van der Waals surface area contributed by atoms with Crippen molar-refractivity contribution in [2.45, 2.75) is 18.4 Å². The van der Waals surface area contributed by atoms with Crippen LogP contribution in [0.15, 0.2) is 0 Å². The molecular formula is C8H14N2O2. The Labute approximate surface area is 71.3 Å². The largest absolute Gasteiger partial charge is 0.480 e. The van der Waals surface area contributed by atoms with E-state index in [0.717, 1.165) is 25.9 Å². The van der Waals surface area contributed by atoms with E-state index in [1.807, 2.05) is 0 Å². The predicted molar refractivity (Wildman–Crippen MR) is 44.0 cm³/mol. The Morgan fingerprint density at radius 1 is 1.58 bits per heavy atom. The number of carbonyl (C=O) groups is 1. The maximum atomic E-state index is 11.1. The van der Waals surface area contributed by atoms with Crippen LogP contribution in [0, 0.1) is 5.92 Å². The summed E-state index contributed by atoms with van der Waals surface area (Å²) in [5, 5.41) is 15.4. The Bertz CT molecular complexity index is 207. The third kappa shape index (κ3) is 0.949. The Morgan fingerprint density at radius 2 is 2.42 bits per heavy atom. The number of rotatable bonds is 1. The van der Waals surface area contributed by atoms with Crippen LogP contribution in [0.4, 0.5) is 0 Å². The van der Waals surface area contributed by atoms with E-state index < -0.39 is 11.5 Å². The van der Waals surface area contributed by atoms with Gasteiger partial charge in [0.05, 0.1) is 0 Å². The van der Waals surface area contributed by atoms with Crippen molar-refractivity contribution in [3.05, 3.63) is 0 Å². The van der Waals surface area contributed by atoms with Gasteiger partial charge in [-0.15, -0.1) is 0 Å². The first-order valence-electron chi connectivity index (χ1n) is 4.45. The molecule has 2 atom stereocenters. The fourth-order valence-corrected chi connectivity index (χ4v) is 2.30. The van der Waals surface area contributed by atoms with Gasteiger partial charge in [0.15, 0.2) is 0 Å². The lowest BCUT2D eigenvalue weighted by molar-refractivity contribution is -0.146. The molecule has 0 aromatic heterocycles. The molecule has 4 heteroatoms. The minimum Gasteiger partial charge on any atom is -0.480 e. The maximum absolute atomic E-state index is 11.1. The number of nitrogens with one attached hydrogen (secondary N) is 2. The van der Waals surface area contributed by atoms with Crippen LogP contribution in [-0.2, 0) is 4.79 Å². The molecule has 2 heterocycles. The van der Waals surface area contributed by atoms with E-state index in [9.17, 15) is 4.79 Å². The van der Waals surface area contributed by atoms with Gasteiger partial charge in [0.2, 0.25) is 0 Å². The summed E-state index contributed by atoms with van der Waals surface area (Å²) in [6.07, 6.45) is 2.13. The summed E-state index contributed by atoms with van der Waals surface area (Å²) >= 11 is 0. The van der Waals surface area contributed by atoms with Crippen molar-refractivity contribution in [2.24, 2.45) is 5.92 Å². The summed E-state index contributed by atoms with van der Waals surface area (Å²) in [5.41, 5.74) is -0.655. The summed E-state index contributed by atoms with van der Waals surface area (Å²) in [4.78, 5) is 11.1. The third-order valence-corrected chi connectivity index (χ3v) is 3.04. The molecule has 2 aliphatic heterocycles. The number of fused-ring (bicyclic) bond motifs is 1. The van der Waals surface area contributed by atoms with Crippen molar-refractivity contribution in [1.29, 1.82) is 0 Å². The summed E-state index contributed by atoms with van der Waals surface area (Å²) in [5.74, 6) is -0.416. The van der Waals surface area contributed by atoms with Crippen LogP contribution < -0.4 is 10.6 Å². The van der Waals surface area contributed by atoms with Gasteiger partial charge in [-0.25, -0.2) is 0 Å². The molecule has 0 aromatic carbocycles. The fourth-order valence-electron chi connectivity index (χ4n) is 2.30. The van der Waals surface area contributed by atoms with E-state index in [2.05, 4.69) is 10.6 Å².